The highest BCUT2D eigenvalue weighted by molar-refractivity contribution is 6.05. The van der Waals surface area contributed by atoms with Crippen molar-refractivity contribution < 1.29 is 23.5 Å². The molecule has 0 bridgehead atoms. The number of allylic oxidation sites excluding steroid dienone is 1. The van der Waals surface area contributed by atoms with Crippen molar-refractivity contribution in [1.29, 1.82) is 0 Å². The molecule has 4 aromatic rings. The van der Waals surface area contributed by atoms with Crippen molar-refractivity contribution in [3.8, 4) is 16.9 Å². The third-order valence-electron chi connectivity index (χ3n) is 5.60. The number of aryl methyl sites for hydroxylation is 1. The molecule has 6 heteroatoms. The van der Waals surface area contributed by atoms with Crippen molar-refractivity contribution in [3.05, 3.63) is 89.7 Å². The molecular formula is C28H25NO5. The van der Waals surface area contributed by atoms with Crippen LogP contribution in [-0.2, 0) is 9.53 Å². The lowest BCUT2D eigenvalue weighted by molar-refractivity contribution is -0.111. The molecule has 1 heterocycles. The van der Waals surface area contributed by atoms with Gasteiger partial charge in [0.25, 0.3) is 0 Å². The van der Waals surface area contributed by atoms with Crippen molar-refractivity contribution in [1.82, 2.24) is 0 Å². The molecule has 0 aliphatic rings. The minimum Gasteiger partial charge on any atom is -0.496 e. The highest BCUT2D eigenvalue weighted by Crippen LogP contribution is 2.37. The van der Waals surface area contributed by atoms with Crippen molar-refractivity contribution in [3.63, 3.8) is 0 Å². The van der Waals surface area contributed by atoms with Crippen molar-refractivity contribution >= 4 is 34.1 Å². The van der Waals surface area contributed by atoms with Crippen LogP contribution in [0.5, 0.6) is 5.75 Å². The highest BCUT2D eigenvalue weighted by Gasteiger charge is 2.15. The van der Waals surface area contributed by atoms with Gasteiger partial charge >= 0.3 is 5.97 Å². The van der Waals surface area contributed by atoms with Crippen LogP contribution >= 0.6 is 0 Å². The first kappa shape index (κ1) is 22.9. The molecule has 172 valence electrons. The van der Waals surface area contributed by atoms with Gasteiger partial charge in [0.05, 0.1) is 26.0 Å². The smallest absolute Gasteiger partial charge is 0.337 e. The summed E-state index contributed by atoms with van der Waals surface area (Å²) in [6.45, 7) is 3.90. The van der Waals surface area contributed by atoms with Gasteiger partial charge in [0.1, 0.15) is 11.3 Å². The van der Waals surface area contributed by atoms with Crippen molar-refractivity contribution in [2.75, 3.05) is 19.5 Å². The number of nitrogens with one attached hydrogen (secondary N) is 1. The van der Waals surface area contributed by atoms with E-state index in [9.17, 15) is 9.59 Å². The van der Waals surface area contributed by atoms with E-state index >= 15 is 0 Å². The van der Waals surface area contributed by atoms with Gasteiger partial charge in [0, 0.05) is 34.3 Å². The lowest BCUT2D eigenvalue weighted by Crippen LogP contribution is -2.09. The summed E-state index contributed by atoms with van der Waals surface area (Å²) in [6, 6.07) is 18.6. The van der Waals surface area contributed by atoms with Crippen LogP contribution in [0.15, 0.2) is 77.4 Å². The van der Waals surface area contributed by atoms with E-state index in [4.69, 9.17) is 13.9 Å². The number of hydrogen-bond acceptors (Lipinski definition) is 5. The molecule has 0 atom stereocenters. The Morgan fingerprint density at radius 2 is 1.68 bits per heavy atom. The molecule has 0 radical (unpaired) electrons. The summed E-state index contributed by atoms with van der Waals surface area (Å²) >= 11 is 0. The Labute approximate surface area is 197 Å². The first-order chi connectivity index (χ1) is 16.4. The van der Waals surface area contributed by atoms with E-state index in [2.05, 4.69) is 29.6 Å². The molecular weight excluding hydrogens is 430 g/mol. The molecule has 1 amide bonds. The van der Waals surface area contributed by atoms with Crippen LogP contribution in [0.2, 0.25) is 0 Å². The monoisotopic (exact) mass is 455 g/mol. The van der Waals surface area contributed by atoms with Gasteiger partial charge in [0.2, 0.25) is 5.91 Å². The number of benzene rings is 3. The number of hydrogen-bond donors (Lipinski definition) is 1. The second kappa shape index (κ2) is 9.67. The number of rotatable bonds is 6. The van der Waals surface area contributed by atoms with Crippen LogP contribution in [0.1, 0.15) is 28.4 Å². The fourth-order valence-electron chi connectivity index (χ4n) is 3.75. The highest BCUT2D eigenvalue weighted by atomic mass is 16.5. The van der Waals surface area contributed by atoms with Gasteiger partial charge in [-0.2, -0.15) is 0 Å². The molecule has 3 aromatic carbocycles. The van der Waals surface area contributed by atoms with E-state index in [0.717, 1.165) is 27.6 Å². The van der Waals surface area contributed by atoms with Crippen LogP contribution in [0.4, 0.5) is 5.69 Å². The summed E-state index contributed by atoms with van der Waals surface area (Å²) in [5.41, 5.74) is 6.43. The van der Waals surface area contributed by atoms with Gasteiger partial charge in [0.15, 0.2) is 0 Å². The summed E-state index contributed by atoms with van der Waals surface area (Å²) in [6.07, 6.45) is 3.26. The van der Waals surface area contributed by atoms with Gasteiger partial charge in [-0.15, -0.1) is 0 Å². The Balaban J connectivity index is 1.63. The fraction of sp³-hybridized carbons (Fsp3) is 0.143. The molecule has 0 fully saturated rings. The Hall–Kier alpha value is -4.32. The standard InChI is InChI=1S/C28H25NO5/c1-17-5-7-19(8-6-17)24-16-34-26-15-25(32-3)22(14-23(24)26)18(2)13-27(30)29-21-11-9-20(10-12-21)28(31)33-4/h5-16H,1-4H3,(H,29,30)/b18-13+. The molecule has 4 rings (SSSR count). The number of amides is 1. The Kier molecular flexibility index (Phi) is 6.50. The predicted molar refractivity (Wildman–Crippen MR) is 133 cm³/mol. The molecule has 0 aliphatic heterocycles. The maximum atomic E-state index is 12.7. The second-order valence-corrected chi connectivity index (χ2v) is 7.95. The maximum Gasteiger partial charge on any atom is 0.337 e. The van der Waals surface area contributed by atoms with E-state index in [1.54, 1.807) is 37.6 Å². The molecule has 1 N–H and O–H groups in total. The van der Waals surface area contributed by atoms with Crippen LogP contribution in [-0.4, -0.2) is 26.1 Å². The van der Waals surface area contributed by atoms with E-state index in [0.29, 0.717) is 22.6 Å². The quantitative estimate of drug-likeness (QED) is 0.275. The summed E-state index contributed by atoms with van der Waals surface area (Å²) in [4.78, 5) is 24.2. The number of ether oxygens (including phenoxy) is 2. The maximum absolute atomic E-state index is 12.7. The first-order valence-corrected chi connectivity index (χ1v) is 10.7. The summed E-state index contributed by atoms with van der Waals surface area (Å²) in [5.74, 6) is -0.113. The zero-order valence-electron chi connectivity index (χ0n) is 19.5. The summed E-state index contributed by atoms with van der Waals surface area (Å²) in [7, 11) is 2.91. The van der Waals surface area contributed by atoms with Crippen LogP contribution < -0.4 is 10.1 Å². The van der Waals surface area contributed by atoms with Crippen LogP contribution in [0.3, 0.4) is 0 Å². The number of esters is 1. The Bertz CT molecular complexity index is 1380. The van der Waals surface area contributed by atoms with E-state index in [-0.39, 0.29) is 5.91 Å². The van der Waals surface area contributed by atoms with Gasteiger partial charge in [-0.1, -0.05) is 29.8 Å². The third kappa shape index (κ3) is 4.71. The van der Waals surface area contributed by atoms with Gasteiger partial charge in [-0.25, -0.2) is 4.79 Å². The van der Waals surface area contributed by atoms with Crippen LogP contribution in [0, 0.1) is 6.92 Å². The zero-order valence-corrected chi connectivity index (χ0v) is 19.5. The number of carbonyl (C=O) groups is 2. The van der Waals surface area contributed by atoms with Gasteiger partial charge < -0.3 is 19.2 Å². The summed E-state index contributed by atoms with van der Waals surface area (Å²) < 4.78 is 16.1. The summed E-state index contributed by atoms with van der Waals surface area (Å²) in [5, 5.41) is 3.75. The number of furan rings is 1. The largest absolute Gasteiger partial charge is 0.496 e. The third-order valence-corrected chi connectivity index (χ3v) is 5.60. The number of carbonyl (C=O) groups excluding carboxylic acids is 2. The first-order valence-electron chi connectivity index (χ1n) is 10.7. The van der Waals surface area contributed by atoms with Gasteiger partial charge in [-0.05, 0) is 55.3 Å². The molecule has 0 spiro atoms. The van der Waals surface area contributed by atoms with Crippen molar-refractivity contribution in [2.24, 2.45) is 0 Å². The minimum absolute atomic E-state index is 0.295. The lowest BCUT2D eigenvalue weighted by atomic mass is 9.99. The van der Waals surface area contributed by atoms with E-state index in [1.807, 2.05) is 26.0 Å². The molecule has 0 saturated carbocycles. The SMILES string of the molecule is COC(=O)c1ccc(NC(=O)/C=C(\C)c2cc3c(-c4ccc(C)cc4)coc3cc2OC)cc1. The molecule has 6 nitrogen and oxygen atoms in total. The molecule has 0 aliphatic carbocycles. The van der Waals surface area contributed by atoms with Crippen LogP contribution in [0.25, 0.3) is 27.7 Å². The zero-order chi connectivity index (χ0) is 24.2. The fourth-order valence-corrected chi connectivity index (χ4v) is 3.75. The second-order valence-electron chi connectivity index (χ2n) is 7.95. The normalized spacial score (nSPS) is 11.4. The topological polar surface area (TPSA) is 77.8 Å². The van der Waals surface area contributed by atoms with Crippen molar-refractivity contribution in [2.45, 2.75) is 13.8 Å². The molecule has 34 heavy (non-hydrogen) atoms. The Morgan fingerprint density at radius 3 is 2.32 bits per heavy atom. The predicted octanol–water partition coefficient (Wildman–Crippen LogP) is 6.25. The van der Waals surface area contributed by atoms with Gasteiger partial charge in [-0.3, -0.25) is 4.79 Å². The number of methoxy groups -OCH3 is 2. The number of anilines is 1. The average Bonchev–Trinajstić information content (AvgIpc) is 3.26. The Morgan fingerprint density at radius 1 is 0.971 bits per heavy atom. The molecule has 0 saturated heterocycles. The molecule has 0 unspecified atom stereocenters. The average molecular weight is 456 g/mol. The number of fused-ring (bicyclic) bond motifs is 1. The lowest BCUT2D eigenvalue weighted by Gasteiger charge is -2.10. The van der Waals surface area contributed by atoms with E-state index in [1.165, 1.54) is 18.7 Å². The van der Waals surface area contributed by atoms with E-state index < -0.39 is 5.97 Å². The minimum atomic E-state index is -0.430. The molecule has 1 aromatic heterocycles.